The minimum atomic E-state index is -2.19. The monoisotopic (exact) mass is 467 g/mol. The summed E-state index contributed by atoms with van der Waals surface area (Å²) in [7, 11) is 7.59. The molecule has 0 amide bonds. The molecule has 0 unspecified atom stereocenters. The predicted molar refractivity (Wildman–Crippen MR) is 125 cm³/mol. The first-order chi connectivity index (χ1) is 12.7. The van der Waals surface area contributed by atoms with Crippen LogP contribution in [0.3, 0.4) is 0 Å². The summed E-state index contributed by atoms with van der Waals surface area (Å²) in [4.78, 5) is 0. The van der Waals surface area contributed by atoms with Gasteiger partial charge >= 0.3 is 35.6 Å². The average Bonchev–Trinajstić information content (AvgIpc) is 2.86. The van der Waals surface area contributed by atoms with Crippen molar-refractivity contribution in [1.29, 1.82) is 0 Å². The number of hydrogen-bond acceptors (Lipinski definition) is 0. The Morgan fingerprint density at radius 1 is 0.893 bits per heavy atom. The molecule has 0 aromatic heterocycles. The van der Waals surface area contributed by atoms with Gasteiger partial charge < -0.3 is 5.40 Å². The Morgan fingerprint density at radius 2 is 1.46 bits per heavy atom. The molecule has 3 rings (SSSR count). The molecule has 1 radical (unpaired) electrons. The number of allylic oxidation sites excluding steroid dienone is 5. The SMILES string of the molecule is CC(C)(C)C1=C[C]2C(=C([Si](C)(C)[NH-])c3ccc(C(C)(C)C)cc32)C=C1.[Cl][Ti][Cl]. The summed E-state index contributed by atoms with van der Waals surface area (Å²) < 4.78 is 0. The van der Waals surface area contributed by atoms with E-state index < -0.39 is 25.3 Å². The van der Waals surface area contributed by atoms with Gasteiger partial charge in [0.2, 0.25) is 0 Å². The average molecular weight is 468 g/mol. The third-order valence-corrected chi connectivity index (χ3v) is 7.01. The van der Waals surface area contributed by atoms with Crippen LogP contribution in [0.5, 0.6) is 0 Å². The van der Waals surface area contributed by atoms with Crippen molar-refractivity contribution in [3.63, 3.8) is 0 Å². The first kappa shape index (κ1) is 24.2. The molecule has 1 N–H and O–H groups in total. The summed E-state index contributed by atoms with van der Waals surface area (Å²) in [6.07, 6.45) is 6.90. The van der Waals surface area contributed by atoms with E-state index in [0.29, 0.717) is 0 Å². The summed E-state index contributed by atoms with van der Waals surface area (Å²) in [6.45, 7) is 17.9. The molecule has 151 valence electrons. The van der Waals surface area contributed by atoms with Gasteiger partial charge in [0.15, 0.2) is 0 Å². The number of hydrogen-bond donors (Lipinski definition) is 0. The van der Waals surface area contributed by atoms with Gasteiger partial charge in [-0.3, -0.25) is 0 Å². The third-order valence-electron chi connectivity index (χ3n) is 5.23. The maximum atomic E-state index is 8.85. The molecule has 1 aromatic carbocycles. The number of nitrogens with one attached hydrogen (secondary N) is 1. The predicted octanol–water partition coefficient (Wildman–Crippen LogP) is 8.39. The van der Waals surface area contributed by atoms with E-state index in [0.717, 1.165) is 0 Å². The first-order valence-corrected chi connectivity index (χ1v) is 16.9. The third kappa shape index (κ3) is 5.14. The quantitative estimate of drug-likeness (QED) is 0.370. The van der Waals surface area contributed by atoms with E-state index in [1.165, 1.54) is 39.0 Å². The van der Waals surface area contributed by atoms with Crippen molar-refractivity contribution >= 4 is 32.0 Å². The summed E-state index contributed by atoms with van der Waals surface area (Å²) in [5, 5.41) is 10.1. The molecule has 0 spiro atoms. The summed E-state index contributed by atoms with van der Waals surface area (Å²) >= 11 is -0.556. The van der Waals surface area contributed by atoms with Crippen LogP contribution in [0.1, 0.15) is 58.2 Å². The van der Waals surface area contributed by atoms with E-state index in [1.54, 1.807) is 0 Å². The van der Waals surface area contributed by atoms with Crippen LogP contribution in [0, 0.1) is 11.3 Å². The van der Waals surface area contributed by atoms with Gasteiger partial charge in [0.1, 0.15) is 0 Å². The maximum absolute atomic E-state index is 8.85. The zero-order valence-corrected chi connectivity index (χ0v) is 22.3. The number of benzene rings is 1. The van der Waals surface area contributed by atoms with Gasteiger partial charge in [-0.1, -0.05) is 96.3 Å². The van der Waals surface area contributed by atoms with Crippen molar-refractivity contribution in [3.8, 4) is 0 Å². The van der Waals surface area contributed by atoms with Crippen molar-refractivity contribution < 1.29 is 17.0 Å². The number of rotatable bonds is 1. The summed E-state index contributed by atoms with van der Waals surface area (Å²) in [6, 6.07) is 6.90. The fraction of sp³-hybridized carbons (Fsp3) is 0.435. The fourth-order valence-corrected chi connectivity index (χ4v) is 5.50. The van der Waals surface area contributed by atoms with Gasteiger partial charge in [-0.05, 0) is 46.9 Å². The molecule has 5 heteroatoms. The van der Waals surface area contributed by atoms with Gasteiger partial charge in [0, 0.05) is 0 Å². The standard InChI is InChI=1S/C23H31NSi.2ClH.Ti/c1-22(2,3)15-9-11-17-19(13-15)20-14-16(23(4,5)6)10-12-18(20)21(17)25(7,8)24;;;/h9-14,24H,1-8H3;2*1H;/q-1;;;+2/p-2. The van der Waals surface area contributed by atoms with Crippen molar-refractivity contribution in [2.24, 2.45) is 5.41 Å². The Bertz CT molecular complexity index is 834. The Balaban J connectivity index is 0.000000878. The van der Waals surface area contributed by atoms with E-state index in [9.17, 15) is 0 Å². The molecular formula is C23H31Cl2NSiTi-. The van der Waals surface area contributed by atoms with Crippen LogP contribution in [0.4, 0.5) is 0 Å². The molecule has 2 aliphatic carbocycles. The molecule has 0 saturated heterocycles. The molecule has 28 heavy (non-hydrogen) atoms. The minimum absolute atomic E-state index is 0.132. The molecule has 0 aliphatic heterocycles. The molecule has 2 aliphatic rings. The van der Waals surface area contributed by atoms with Crippen LogP contribution < -0.4 is 0 Å². The van der Waals surface area contributed by atoms with Crippen LogP contribution in [0.15, 0.2) is 47.6 Å². The molecule has 0 bridgehead atoms. The Hall–Kier alpha value is -0.0888. The van der Waals surface area contributed by atoms with E-state index >= 15 is 0 Å². The normalized spacial score (nSPS) is 16.9. The van der Waals surface area contributed by atoms with Crippen molar-refractivity contribution in [2.45, 2.75) is 60.1 Å². The van der Waals surface area contributed by atoms with Crippen LogP contribution in [0.25, 0.3) is 10.6 Å². The summed E-state index contributed by atoms with van der Waals surface area (Å²) in [5.41, 5.74) is 6.91. The second-order valence-electron chi connectivity index (χ2n) is 10.1. The molecule has 1 aromatic rings. The van der Waals surface area contributed by atoms with Gasteiger partial charge in [-0.15, -0.1) is 0 Å². The zero-order chi connectivity index (χ0) is 21.5. The second kappa shape index (κ2) is 8.57. The molecule has 1 nitrogen and oxygen atoms in total. The molecule has 0 heterocycles. The van der Waals surface area contributed by atoms with Crippen LogP contribution in [-0.2, 0) is 22.4 Å². The number of halogens is 2. The van der Waals surface area contributed by atoms with Gasteiger partial charge in [0.05, 0.1) is 5.92 Å². The van der Waals surface area contributed by atoms with Crippen molar-refractivity contribution in [3.05, 3.63) is 75.6 Å². The van der Waals surface area contributed by atoms with Crippen molar-refractivity contribution in [1.82, 2.24) is 0 Å². The van der Waals surface area contributed by atoms with Gasteiger partial charge in [-0.25, -0.2) is 0 Å². The fourth-order valence-electron chi connectivity index (χ4n) is 3.72. The van der Waals surface area contributed by atoms with E-state index in [1.807, 2.05) is 0 Å². The Labute approximate surface area is 189 Å². The Kier molecular flexibility index (Phi) is 7.40. The molecule has 0 saturated carbocycles. The zero-order valence-electron chi connectivity index (χ0n) is 18.2. The molecule has 0 fully saturated rings. The van der Waals surface area contributed by atoms with E-state index in [2.05, 4.69) is 91.1 Å². The van der Waals surface area contributed by atoms with Crippen molar-refractivity contribution in [2.75, 3.05) is 0 Å². The second-order valence-corrected chi connectivity index (χ2v) is 16.4. The van der Waals surface area contributed by atoms with Crippen LogP contribution >= 0.6 is 18.6 Å². The van der Waals surface area contributed by atoms with E-state index in [4.69, 9.17) is 24.0 Å². The summed E-state index contributed by atoms with van der Waals surface area (Å²) in [5.74, 6) is 1.33. The molecular weight excluding hydrogens is 437 g/mol. The Morgan fingerprint density at radius 3 is 1.93 bits per heavy atom. The molecule has 0 atom stereocenters. The van der Waals surface area contributed by atoms with Gasteiger partial charge in [-0.2, -0.15) is 0 Å². The number of fused-ring (bicyclic) bond motifs is 3. The topological polar surface area (TPSA) is 23.8 Å². The van der Waals surface area contributed by atoms with Crippen LogP contribution in [0.2, 0.25) is 13.1 Å². The van der Waals surface area contributed by atoms with E-state index in [-0.39, 0.29) is 10.8 Å². The first-order valence-electron chi connectivity index (χ1n) is 9.60. The van der Waals surface area contributed by atoms with Gasteiger partial charge in [0.25, 0.3) is 0 Å². The van der Waals surface area contributed by atoms with Crippen LogP contribution in [-0.4, -0.2) is 8.24 Å².